The van der Waals surface area contributed by atoms with Crippen LogP contribution >= 0.6 is 11.6 Å². The molecule has 0 saturated carbocycles. The molecule has 0 radical (unpaired) electrons. The molecule has 2 rings (SSSR count). The third-order valence-electron chi connectivity index (χ3n) is 2.19. The first-order valence-corrected chi connectivity index (χ1v) is 4.61. The minimum Gasteiger partial charge on any atom is -0.369 e. The molecule has 2 heterocycles. The topological polar surface area (TPSA) is 16.1 Å². The first-order chi connectivity index (χ1) is 5.88. The Bertz CT molecular complexity index is 269. The fourth-order valence-corrected chi connectivity index (χ4v) is 1.81. The second-order valence-electron chi connectivity index (χ2n) is 3.01. The molecular formula is C9H11ClN2. The van der Waals surface area contributed by atoms with E-state index in [1.807, 2.05) is 12.1 Å². The van der Waals surface area contributed by atoms with Gasteiger partial charge in [-0.3, -0.25) is 0 Å². The van der Waals surface area contributed by atoms with Crippen LogP contribution in [0.1, 0.15) is 12.8 Å². The predicted octanol–water partition coefficient (Wildman–Crippen LogP) is 2.34. The molecule has 0 unspecified atom stereocenters. The summed E-state index contributed by atoms with van der Waals surface area (Å²) < 4.78 is 0. The number of rotatable bonds is 1. The molecule has 1 aliphatic rings. The highest BCUT2D eigenvalue weighted by Crippen LogP contribution is 2.25. The van der Waals surface area contributed by atoms with E-state index < -0.39 is 0 Å². The largest absolute Gasteiger partial charge is 0.369 e. The smallest absolute Gasteiger partial charge is 0.152 e. The van der Waals surface area contributed by atoms with Crippen molar-refractivity contribution in [3.63, 3.8) is 0 Å². The molecule has 0 amide bonds. The molecule has 3 heteroatoms. The molecule has 0 bridgehead atoms. The van der Waals surface area contributed by atoms with E-state index in [9.17, 15) is 0 Å². The van der Waals surface area contributed by atoms with E-state index in [2.05, 4.69) is 9.88 Å². The van der Waals surface area contributed by atoms with Crippen LogP contribution < -0.4 is 4.90 Å². The van der Waals surface area contributed by atoms with Gasteiger partial charge in [0.25, 0.3) is 0 Å². The summed E-state index contributed by atoms with van der Waals surface area (Å²) >= 11 is 5.95. The van der Waals surface area contributed by atoms with E-state index in [1.54, 1.807) is 6.20 Å². The molecule has 1 aromatic rings. The summed E-state index contributed by atoms with van der Waals surface area (Å²) in [6, 6.07) is 3.96. The van der Waals surface area contributed by atoms with Gasteiger partial charge < -0.3 is 4.90 Å². The molecule has 0 aromatic carbocycles. The Morgan fingerprint density at radius 2 is 2.08 bits per heavy atom. The van der Waals surface area contributed by atoms with Crippen LogP contribution in [0.2, 0.25) is 5.15 Å². The van der Waals surface area contributed by atoms with Gasteiger partial charge in [0.15, 0.2) is 5.15 Å². The fraction of sp³-hybridized carbons (Fsp3) is 0.444. The highest BCUT2D eigenvalue weighted by Gasteiger charge is 2.14. The molecule has 0 aliphatic carbocycles. The van der Waals surface area contributed by atoms with Crippen molar-refractivity contribution in [3.8, 4) is 0 Å². The van der Waals surface area contributed by atoms with Crippen molar-refractivity contribution in [1.29, 1.82) is 0 Å². The quantitative estimate of drug-likeness (QED) is 0.620. The average Bonchev–Trinajstić information content (AvgIpc) is 2.57. The van der Waals surface area contributed by atoms with Crippen molar-refractivity contribution in [3.05, 3.63) is 23.5 Å². The summed E-state index contributed by atoms with van der Waals surface area (Å²) in [5.74, 6) is 0. The summed E-state index contributed by atoms with van der Waals surface area (Å²) in [7, 11) is 0. The van der Waals surface area contributed by atoms with Crippen molar-refractivity contribution in [1.82, 2.24) is 4.98 Å². The second kappa shape index (κ2) is 3.31. The van der Waals surface area contributed by atoms with Crippen LogP contribution in [-0.4, -0.2) is 18.1 Å². The first kappa shape index (κ1) is 7.87. The molecule has 2 nitrogen and oxygen atoms in total. The van der Waals surface area contributed by atoms with Crippen LogP contribution in [0, 0.1) is 0 Å². The number of nitrogens with zero attached hydrogens (tertiary/aromatic N) is 2. The zero-order chi connectivity index (χ0) is 8.39. The van der Waals surface area contributed by atoms with E-state index in [-0.39, 0.29) is 0 Å². The number of hydrogen-bond acceptors (Lipinski definition) is 2. The van der Waals surface area contributed by atoms with Gasteiger partial charge in [0.05, 0.1) is 5.69 Å². The summed E-state index contributed by atoms with van der Waals surface area (Å²) in [6.45, 7) is 2.23. The lowest BCUT2D eigenvalue weighted by molar-refractivity contribution is 0.949. The molecule has 1 aliphatic heterocycles. The highest BCUT2D eigenvalue weighted by atomic mass is 35.5. The molecule has 1 saturated heterocycles. The molecule has 0 atom stereocenters. The van der Waals surface area contributed by atoms with Crippen LogP contribution in [0.5, 0.6) is 0 Å². The van der Waals surface area contributed by atoms with E-state index in [0.717, 1.165) is 18.8 Å². The van der Waals surface area contributed by atoms with Crippen LogP contribution in [-0.2, 0) is 0 Å². The van der Waals surface area contributed by atoms with Crippen molar-refractivity contribution >= 4 is 17.3 Å². The third-order valence-corrected chi connectivity index (χ3v) is 2.48. The standard InChI is InChI=1S/C9H11ClN2/c10-9-8(4-3-5-11-9)12-6-1-2-7-12/h3-5H,1-2,6-7H2. The first-order valence-electron chi connectivity index (χ1n) is 4.23. The van der Waals surface area contributed by atoms with Gasteiger partial charge in [-0.15, -0.1) is 0 Å². The Balaban J connectivity index is 2.26. The number of anilines is 1. The summed E-state index contributed by atoms with van der Waals surface area (Å²) in [5.41, 5.74) is 1.08. The monoisotopic (exact) mass is 182 g/mol. The fourth-order valence-electron chi connectivity index (χ4n) is 1.57. The van der Waals surface area contributed by atoms with Gasteiger partial charge in [0.1, 0.15) is 0 Å². The van der Waals surface area contributed by atoms with E-state index in [4.69, 9.17) is 11.6 Å². The Hall–Kier alpha value is -0.760. The Morgan fingerprint density at radius 3 is 2.75 bits per heavy atom. The lowest BCUT2D eigenvalue weighted by atomic mass is 10.4. The van der Waals surface area contributed by atoms with Gasteiger partial charge in [0, 0.05) is 19.3 Å². The predicted molar refractivity (Wildman–Crippen MR) is 50.7 cm³/mol. The number of halogens is 1. The van der Waals surface area contributed by atoms with E-state index in [0.29, 0.717) is 5.15 Å². The Kier molecular flexibility index (Phi) is 2.17. The summed E-state index contributed by atoms with van der Waals surface area (Å²) in [4.78, 5) is 6.33. The van der Waals surface area contributed by atoms with Crippen LogP contribution in [0.3, 0.4) is 0 Å². The van der Waals surface area contributed by atoms with Crippen LogP contribution in [0.25, 0.3) is 0 Å². The lowest BCUT2D eigenvalue weighted by Crippen LogP contribution is -2.18. The molecule has 12 heavy (non-hydrogen) atoms. The summed E-state index contributed by atoms with van der Waals surface area (Å²) in [6.07, 6.45) is 4.26. The molecule has 0 N–H and O–H groups in total. The van der Waals surface area contributed by atoms with Gasteiger partial charge in [-0.2, -0.15) is 0 Å². The highest BCUT2D eigenvalue weighted by molar-refractivity contribution is 6.32. The van der Waals surface area contributed by atoms with E-state index in [1.165, 1.54) is 12.8 Å². The Morgan fingerprint density at radius 1 is 1.33 bits per heavy atom. The molecule has 1 fully saturated rings. The molecule has 0 spiro atoms. The normalized spacial score (nSPS) is 16.9. The van der Waals surface area contributed by atoms with Gasteiger partial charge >= 0.3 is 0 Å². The van der Waals surface area contributed by atoms with Gasteiger partial charge in [-0.05, 0) is 25.0 Å². The average molecular weight is 183 g/mol. The third kappa shape index (κ3) is 1.39. The van der Waals surface area contributed by atoms with Crippen molar-refractivity contribution in [2.24, 2.45) is 0 Å². The van der Waals surface area contributed by atoms with Gasteiger partial charge in [-0.25, -0.2) is 4.98 Å². The maximum Gasteiger partial charge on any atom is 0.152 e. The zero-order valence-electron chi connectivity index (χ0n) is 6.83. The van der Waals surface area contributed by atoms with Gasteiger partial charge in [0.2, 0.25) is 0 Å². The molecule has 64 valence electrons. The molecule has 1 aromatic heterocycles. The maximum absolute atomic E-state index is 5.95. The van der Waals surface area contributed by atoms with Crippen LogP contribution in [0.4, 0.5) is 5.69 Å². The number of pyridine rings is 1. The number of hydrogen-bond donors (Lipinski definition) is 0. The van der Waals surface area contributed by atoms with Gasteiger partial charge in [-0.1, -0.05) is 11.6 Å². The Labute approximate surface area is 77.2 Å². The maximum atomic E-state index is 5.95. The summed E-state index contributed by atoms with van der Waals surface area (Å²) in [5, 5.41) is 0.624. The SMILES string of the molecule is Clc1ncccc1N1CCCC1. The van der Waals surface area contributed by atoms with Crippen molar-refractivity contribution in [2.45, 2.75) is 12.8 Å². The second-order valence-corrected chi connectivity index (χ2v) is 3.37. The zero-order valence-corrected chi connectivity index (χ0v) is 7.59. The minimum atomic E-state index is 0.624. The molecular weight excluding hydrogens is 172 g/mol. The van der Waals surface area contributed by atoms with Crippen LogP contribution in [0.15, 0.2) is 18.3 Å². The lowest BCUT2D eigenvalue weighted by Gasteiger charge is -2.17. The van der Waals surface area contributed by atoms with E-state index >= 15 is 0 Å². The number of aromatic nitrogens is 1. The van der Waals surface area contributed by atoms with Crippen molar-refractivity contribution in [2.75, 3.05) is 18.0 Å². The minimum absolute atomic E-state index is 0.624. The van der Waals surface area contributed by atoms with Crippen molar-refractivity contribution < 1.29 is 0 Å².